The first kappa shape index (κ1) is 19.0. The zero-order valence-electron chi connectivity index (χ0n) is 15.6. The molecule has 0 radical (unpaired) electrons. The van der Waals surface area contributed by atoms with Crippen molar-refractivity contribution in [2.75, 3.05) is 10.2 Å². The molecule has 150 valence electrons. The van der Waals surface area contributed by atoms with Crippen molar-refractivity contribution in [1.29, 1.82) is 0 Å². The highest BCUT2D eigenvalue weighted by molar-refractivity contribution is 7.13. The van der Waals surface area contributed by atoms with Crippen molar-refractivity contribution < 1.29 is 4.42 Å². The fourth-order valence-electron chi connectivity index (χ4n) is 3.21. The number of para-hydroxylation sites is 2. The van der Waals surface area contributed by atoms with Crippen LogP contribution in [0.1, 0.15) is 18.5 Å². The van der Waals surface area contributed by atoms with E-state index in [0.29, 0.717) is 32.7 Å². The lowest BCUT2D eigenvalue weighted by Gasteiger charge is -2.29. The van der Waals surface area contributed by atoms with Crippen LogP contribution in [0.25, 0.3) is 11.1 Å². The van der Waals surface area contributed by atoms with Gasteiger partial charge in [-0.2, -0.15) is 4.98 Å². The van der Waals surface area contributed by atoms with Gasteiger partial charge in [-0.1, -0.05) is 46.7 Å². The predicted octanol–water partition coefficient (Wildman–Crippen LogP) is 5.92. The van der Waals surface area contributed by atoms with Crippen LogP contribution < -0.4 is 10.2 Å². The van der Waals surface area contributed by atoms with Gasteiger partial charge in [-0.25, -0.2) is 4.99 Å². The number of guanidine groups is 1. The van der Waals surface area contributed by atoms with E-state index in [1.165, 1.54) is 11.3 Å². The van der Waals surface area contributed by atoms with Crippen LogP contribution in [-0.2, 0) is 0 Å². The summed E-state index contributed by atoms with van der Waals surface area (Å²) in [6, 6.07) is 12.9. The number of rotatable bonds is 3. The van der Waals surface area contributed by atoms with E-state index in [1.807, 2.05) is 48.2 Å². The predicted molar refractivity (Wildman–Crippen MR) is 120 cm³/mol. The number of aliphatic imine (C=N–C) groups is 1. The maximum absolute atomic E-state index is 6.43. The molecule has 2 aromatic carbocycles. The minimum absolute atomic E-state index is 0.329. The average molecular weight is 457 g/mol. The Morgan fingerprint density at radius 3 is 2.83 bits per heavy atom. The van der Waals surface area contributed by atoms with E-state index in [1.54, 1.807) is 17.6 Å². The van der Waals surface area contributed by atoms with Crippen molar-refractivity contribution in [2.24, 2.45) is 4.99 Å². The number of nitrogens with zero attached hydrogens (tertiary/aromatic N) is 5. The van der Waals surface area contributed by atoms with Gasteiger partial charge in [0.2, 0.25) is 11.1 Å². The van der Waals surface area contributed by atoms with Gasteiger partial charge in [-0.3, -0.25) is 10.2 Å². The van der Waals surface area contributed by atoms with E-state index in [2.05, 4.69) is 20.5 Å². The molecule has 1 aliphatic heterocycles. The number of nitrogens with one attached hydrogen (secondary N) is 1. The first-order chi connectivity index (χ1) is 14.6. The van der Waals surface area contributed by atoms with Crippen LogP contribution in [0.5, 0.6) is 0 Å². The van der Waals surface area contributed by atoms with Gasteiger partial charge in [0.15, 0.2) is 5.58 Å². The summed E-state index contributed by atoms with van der Waals surface area (Å²) in [5.41, 5.74) is 4.81. The van der Waals surface area contributed by atoms with E-state index in [9.17, 15) is 0 Å². The molecule has 1 aliphatic rings. The molecule has 3 heterocycles. The normalized spacial score (nSPS) is 16.5. The Hall–Kier alpha value is -2.94. The van der Waals surface area contributed by atoms with E-state index < -0.39 is 0 Å². The van der Waals surface area contributed by atoms with Crippen molar-refractivity contribution in [2.45, 2.75) is 13.0 Å². The standard InChI is InChI=1S/C20H14Cl2N6OS/c1-11-8-16(13-9-12(21)6-7-14(13)22)24-18(28(11)20-27-23-10-30-20)26-19-25-15-4-2-3-5-17(15)29-19/h2-10,16H,1H3,(H,24,25,26). The zero-order valence-corrected chi connectivity index (χ0v) is 17.9. The lowest BCUT2D eigenvalue weighted by atomic mass is 10.0. The van der Waals surface area contributed by atoms with Gasteiger partial charge in [0.1, 0.15) is 17.1 Å². The summed E-state index contributed by atoms with van der Waals surface area (Å²) < 4.78 is 5.83. The van der Waals surface area contributed by atoms with Crippen molar-refractivity contribution in [3.05, 3.63) is 75.4 Å². The number of aromatic nitrogens is 3. The molecule has 1 unspecified atom stereocenters. The average Bonchev–Trinajstić information content (AvgIpc) is 3.39. The maximum Gasteiger partial charge on any atom is 0.302 e. The van der Waals surface area contributed by atoms with Crippen molar-refractivity contribution >= 4 is 62.7 Å². The second-order valence-electron chi connectivity index (χ2n) is 6.54. The van der Waals surface area contributed by atoms with Gasteiger partial charge < -0.3 is 4.42 Å². The third-order valence-corrected chi connectivity index (χ3v) is 5.81. The Labute approximate surface area is 185 Å². The summed E-state index contributed by atoms with van der Waals surface area (Å²) in [6.45, 7) is 1.97. The Balaban J connectivity index is 1.58. The third kappa shape index (κ3) is 3.54. The van der Waals surface area contributed by atoms with Gasteiger partial charge >= 0.3 is 6.01 Å². The monoisotopic (exact) mass is 456 g/mol. The molecule has 0 spiro atoms. The molecule has 30 heavy (non-hydrogen) atoms. The van der Waals surface area contributed by atoms with E-state index >= 15 is 0 Å². The van der Waals surface area contributed by atoms with Gasteiger partial charge in [0.25, 0.3) is 0 Å². The number of allylic oxidation sites excluding steroid dienone is 1. The summed E-state index contributed by atoms with van der Waals surface area (Å²) in [5.74, 6) is 0.499. The zero-order chi connectivity index (χ0) is 20.7. The number of benzene rings is 2. The number of hydrogen-bond acceptors (Lipinski definition) is 8. The summed E-state index contributed by atoms with van der Waals surface area (Å²) in [7, 11) is 0. The first-order valence-corrected chi connectivity index (χ1v) is 10.6. The van der Waals surface area contributed by atoms with Gasteiger partial charge in [0.05, 0.1) is 0 Å². The van der Waals surface area contributed by atoms with Crippen LogP contribution in [0.3, 0.4) is 0 Å². The molecule has 4 aromatic rings. The number of oxazole rings is 1. The van der Waals surface area contributed by atoms with E-state index in [4.69, 9.17) is 32.6 Å². The minimum Gasteiger partial charge on any atom is -0.423 e. The van der Waals surface area contributed by atoms with Gasteiger partial charge in [-0.05, 0) is 43.3 Å². The molecule has 1 atom stereocenters. The molecule has 10 heteroatoms. The molecule has 7 nitrogen and oxygen atoms in total. The molecule has 5 rings (SSSR count). The first-order valence-electron chi connectivity index (χ1n) is 8.98. The highest BCUT2D eigenvalue weighted by atomic mass is 35.5. The molecule has 2 aromatic heterocycles. The summed E-state index contributed by atoms with van der Waals surface area (Å²) >= 11 is 14.0. The van der Waals surface area contributed by atoms with Crippen LogP contribution in [-0.4, -0.2) is 21.1 Å². The number of halogens is 2. The van der Waals surface area contributed by atoms with Crippen LogP contribution >= 0.6 is 34.5 Å². The Kier molecular flexibility index (Phi) is 4.90. The largest absolute Gasteiger partial charge is 0.423 e. The third-order valence-electron chi connectivity index (χ3n) is 4.55. The van der Waals surface area contributed by atoms with Crippen LogP contribution in [0.2, 0.25) is 10.0 Å². The Morgan fingerprint density at radius 2 is 2.03 bits per heavy atom. The Bertz CT molecular complexity index is 1250. The van der Waals surface area contributed by atoms with Crippen molar-refractivity contribution in [3.63, 3.8) is 0 Å². The number of fused-ring (bicyclic) bond motifs is 1. The number of hydrogen-bond donors (Lipinski definition) is 1. The molecular weight excluding hydrogens is 443 g/mol. The molecule has 1 N–H and O–H groups in total. The number of anilines is 2. The summed E-state index contributed by atoms with van der Waals surface area (Å²) in [5, 5.41) is 13.2. The quantitative estimate of drug-likeness (QED) is 0.412. The van der Waals surface area contributed by atoms with Gasteiger partial charge in [-0.15, -0.1) is 10.2 Å². The summed E-state index contributed by atoms with van der Waals surface area (Å²) in [4.78, 5) is 11.2. The van der Waals surface area contributed by atoms with Crippen LogP contribution in [0, 0.1) is 0 Å². The lowest BCUT2D eigenvalue weighted by Crippen LogP contribution is -2.38. The minimum atomic E-state index is -0.341. The van der Waals surface area contributed by atoms with Crippen molar-refractivity contribution in [1.82, 2.24) is 15.2 Å². The maximum atomic E-state index is 6.43. The molecule has 0 fully saturated rings. The van der Waals surface area contributed by atoms with E-state index in [0.717, 1.165) is 16.8 Å². The van der Waals surface area contributed by atoms with Crippen LogP contribution in [0.4, 0.5) is 11.1 Å². The summed E-state index contributed by atoms with van der Waals surface area (Å²) in [6.07, 6.45) is 2.00. The smallest absolute Gasteiger partial charge is 0.302 e. The van der Waals surface area contributed by atoms with Crippen LogP contribution in [0.15, 0.2) is 69.2 Å². The second kappa shape index (κ2) is 7.71. The Morgan fingerprint density at radius 1 is 1.17 bits per heavy atom. The highest BCUT2D eigenvalue weighted by Gasteiger charge is 2.28. The molecule has 0 saturated carbocycles. The molecule has 0 bridgehead atoms. The van der Waals surface area contributed by atoms with E-state index in [-0.39, 0.29) is 6.04 Å². The molecule has 0 saturated heterocycles. The lowest BCUT2D eigenvalue weighted by molar-refractivity contribution is 0.623. The highest BCUT2D eigenvalue weighted by Crippen LogP contribution is 2.35. The van der Waals surface area contributed by atoms with Crippen molar-refractivity contribution in [3.8, 4) is 0 Å². The topological polar surface area (TPSA) is 79.4 Å². The SMILES string of the molecule is CC1=CC(c2cc(Cl)ccc2Cl)N=C(Nc2nc3ccccc3o2)N1c1nncs1. The molecular formula is C20H14Cl2N6OS. The second-order valence-corrected chi connectivity index (χ2v) is 8.20. The fourth-order valence-corrected chi connectivity index (χ4v) is 4.24. The van der Waals surface area contributed by atoms with Gasteiger partial charge in [0, 0.05) is 21.3 Å². The fraction of sp³-hybridized carbons (Fsp3) is 0.100. The molecule has 0 amide bonds. The molecule has 0 aliphatic carbocycles.